The molecule has 4 heterocycles. The van der Waals surface area contributed by atoms with E-state index in [1.807, 2.05) is 0 Å². The molecular weight excluding hydrogens is 555 g/mol. The van der Waals surface area contributed by atoms with E-state index in [-0.39, 0.29) is 53.4 Å². The number of rotatable bonds is 7. The fourth-order valence-electron chi connectivity index (χ4n) is 4.88. The number of carbonyl (C=O) groups excluding carboxylic acids is 1. The average molecular weight is 577 g/mol. The molecule has 14 heteroatoms. The van der Waals surface area contributed by atoms with Gasteiger partial charge in [0, 0.05) is 22.4 Å². The van der Waals surface area contributed by atoms with Crippen LogP contribution in [0.1, 0.15) is 29.6 Å². The number of carbonyl (C=O) groups is 2. The van der Waals surface area contributed by atoms with Crippen LogP contribution in [0.3, 0.4) is 0 Å². The van der Waals surface area contributed by atoms with Crippen LogP contribution in [0.2, 0.25) is 5.02 Å². The van der Waals surface area contributed by atoms with Crippen LogP contribution in [0.25, 0.3) is 22.4 Å². The second kappa shape index (κ2) is 9.64. The average Bonchev–Trinajstić information content (AvgIpc) is 3.61. The smallest absolute Gasteiger partial charge is 0.320 e. The van der Waals surface area contributed by atoms with E-state index in [4.69, 9.17) is 32.6 Å². The summed E-state index contributed by atoms with van der Waals surface area (Å²) in [6, 6.07) is 10.3. The van der Waals surface area contributed by atoms with Crippen LogP contribution in [-0.4, -0.2) is 47.8 Å². The minimum absolute atomic E-state index is 0.0151. The maximum absolute atomic E-state index is 14.4. The Morgan fingerprint density at radius 2 is 2.02 bits per heavy atom. The predicted molar refractivity (Wildman–Crippen MR) is 147 cm³/mol. The summed E-state index contributed by atoms with van der Waals surface area (Å²) in [6.45, 7) is 1.68. The number of nitrogen functional groups attached to an aromatic ring is 1. The van der Waals surface area contributed by atoms with Gasteiger partial charge in [-0.3, -0.25) is 14.3 Å². The lowest BCUT2D eigenvalue weighted by atomic mass is 9.84. The molecule has 12 nitrogen and oxygen atoms in total. The summed E-state index contributed by atoms with van der Waals surface area (Å²) in [5, 5.41) is 17.6. The highest BCUT2D eigenvalue weighted by Crippen LogP contribution is 2.45. The number of benzene rings is 2. The van der Waals surface area contributed by atoms with Gasteiger partial charge in [-0.2, -0.15) is 5.10 Å². The number of oxazole rings is 1. The van der Waals surface area contributed by atoms with Gasteiger partial charge in [0.1, 0.15) is 35.5 Å². The minimum atomic E-state index is -1.50. The van der Waals surface area contributed by atoms with E-state index >= 15 is 0 Å². The van der Waals surface area contributed by atoms with Gasteiger partial charge in [-0.05, 0) is 31.2 Å². The SMILES string of the molecule is CC1(c2nc(CC(N)C(=O)O)co2)C(=O)Nc2nc(-c3nn(Cc4ccccc4F)c4cc(Cl)ccc34)nc(N)c21. The number of aromatic nitrogens is 5. The van der Waals surface area contributed by atoms with Gasteiger partial charge in [0.05, 0.1) is 23.3 Å². The summed E-state index contributed by atoms with van der Waals surface area (Å²) in [6.07, 6.45) is 1.15. The first-order chi connectivity index (χ1) is 19.6. The zero-order valence-corrected chi connectivity index (χ0v) is 22.2. The summed E-state index contributed by atoms with van der Waals surface area (Å²) in [4.78, 5) is 37.8. The van der Waals surface area contributed by atoms with Crippen molar-refractivity contribution in [1.29, 1.82) is 0 Å². The Kier molecular flexibility index (Phi) is 6.20. The van der Waals surface area contributed by atoms with Crippen LogP contribution in [-0.2, 0) is 28.0 Å². The fourth-order valence-corrected chi connectivity index (χ4v) is 5.05. The van der Waals surface area contributed by atoms with Gasteiger partial charge in [-0.25, -0.2) is 19.3 Å². The van der Waals surface area contributed by atoms with E-state index in [1.54, 1.807) is 48.0 Å². The van der Waals surface area contributed by atoms with Crippen molar-refractivity contribution in [2.45, 2.75) is 31.3 Å². The van der Waals surface area contributed by atoms with Crippen LogP contribution >= 0.6 is 11.6 Å². The van der Waals surface area contributed by atoms with Gasteiger partial charge in [0.15, 0.2) is 11.2 Å². The van der Waals surface area contributed by atoms with Crippen LogP contribution < -0.4 is 16.8 Å². The first kappa shape index (κ1) is 26.3. The number of halogens is 2. The fraction of sp³-hybridized carbons (Fsp3) is 0.185. The normalized spacial score (nSPS) is 17.0. The number of fused-ring (bicyclic) bond motifs is 2. The summed E-state index contributed by atoms with van der Waals surface area (Å²) in [5.41, 5.74) is 12.4. The molecule has 0 aliphatic carbocycles. The number of amides is 1. The second-order valence-corrected chi connectivity index (χ2v) is 10.2. The largest absolute Gasteiger partial charge is 0.480 e. The number of nitrogens with zero attached hydrogens (tertiary/aromatic N) is 5. The zero-order chi connectivity index (χ0) is 29.1. The lowest BCUT2D eigenvalue weighted by Crippen LogP contribution is -2.34. The van der Waals surface area contributed by atoms with Crippen LogP contribution in [0.5, 0.6) is 0 Å². The molecule has 6 N–H and O–H groups in total. The summed E-state index contributed by atoms with van der Waals surface area (Å²) < 4.78 is 21.6. The topological polar surface area (TPSA) is 188 Å². The summed E-state index contributed by atoms with van der Waals surface area (Å²) in [5.74, 6) is -1.83. The van der Waals surface area contributed by atoms with Gasteiger partial charge in [0.2, 0.25) is 11.8 Å². The summed E-state index contributed by atoms with van der Waals surface area (Å²) in [7, 11) is 0. The Bertz CT molecular complexity index is 1870. The third-order valence-corrected chi connectivity index (χ3v) is 7.29. The highest BCUT2D eigenvalue weighted by Gasteiger charge is 2.51. The molecule has 1 aliphatic rings. The van der Waals surface area contributed by atoms with Crippen molar-refractivity contribution in [3.63, 3.8) is 0 Å². The highest BCUT2D eigenvalue weighted by molar-refractivity contribution is 6.31. The zero-order valence-electron chi connectivity index (χ0n) is 21.4. The Hall–Kier alpha value is -4.88. The molecule has 0 spiro atoms. The van der Waals surface area contributed by atoms with Crippen molar-refractivity contribution in [2.75, 3.05) is 11.1 Å². The molecule has 0 bridgehead atoms. The number of nitrogens with two attached hydrogens (primary N) is 2. The van der Waals surface area contributed by atoms with Gasteiger partial charge in [-0.15, -0.1) is 0 Å². The third kappa shape index (κ3) is 4.35. The molecule has 6 rings (SSSR count). The quantitative estimate of drug-likeness (QED) is 0.224. The van der Waals surface area contributed by atoms with E-state index < -0.39 is 23.3 Å². The Morgan fingerprint density at radius 1 is 1.24 bits per heavy atom. The number of anilines is 2. The standard InChI is InChI=1S/C27H22ClFN8O4/c1-27(26-32-14(11-41-26)9-17(30)24(38)39)19-21(31)33-23(34-22(19)35-25(27)40)20-15-7-6-13(28)8-18(15)37(36-20)10-12-4-2-3-5-16(12)29/h2-8,11,17H,9-10,30H2,1H3,(H,38,39)(H3,31,33,34,35,40). The maximum atomic E-state index is 14.4. The number of carboxylic acid groups (broad SMARTS) is 1. The molecule has 1 amide bonds. The molecule has 41 heavy (non-hydrogen) atoms. The minimum Gasteiger partial charge on any atom is -0.480 e. The molecule has 5 aromatic rings. The second-order valence-electron chi connectivity index (χ2n) is 9.79. The summed E-state index contributed by atoms with van der Waals surface area (Å²) >= 11 is 6.27. The van der Waals surface area contributed by atoms with Crippen molar-refractivity contribution in [3.8, 4) is 11.5 Å². The monoisotopic (exact) mass is 576 g/mol. The number of nitrogens with one attached hydrogen (secondary N) is 1. The number of hydrogen-bond donors (Lipinski definition) is 4. The van der Waals surface area contributed by atoms with Gasteiger partial charge < -0.3 is 26.3 Å². The van der Waals surface area contributed by atoms with E-state index in [1.165, 1.54) is 12.3 Å². The first-order valence-corrected chi connectivity index (χ1v) is 12.8. The molecule has 2 aromatic carbocycles. The van der Waals surface area contributed by atoms with Gasteiger partial charge in [-0.1, -0.05) is 29.8 Å². The molecule has 208 valence electrons. The van der Waals surface area contributed by atoms with Crippen LogP contribution in [0, 0.1) is 5.82 Å². The molecule has 2 atom stereocenters. The molecule has 0 radical (unpaired) electrons. The molecule has 0 fully saturated rings. The number of aliphatic carboxylic acids is 1. The predicted octanol–water partition coefficient (Wildman–Crippen LogP) is 3.12. The Balaban J connectivity index is 1.42. The molecule has 1 aliphatic heterocycles. The molecule has 0 saturated heterocycles. The Labute approximate surface area is 236 Å². The molecule has 2 unspecified atom stereocenters. The number of carboxylic acids is 1. The first-order valence-electron chi connectivity index (χ1n) is 12.4. The van der Waals surface area contributed by atoms with E-state index in [2.05, 4.69) is 25.4 Å². The van der Waals surface area contributed by atoms with Gasteiger partial charge in [0.25, 0.3) is 0 Å². The third-order valence-electron chi connectivity index (χ3n) is 7.05. The Morgan fingerprint density at radius 3 is 2.78 bits per heavy atom. The highest BCUT2D eigenvalue weighted by atomic mass is 35.5. The molecular formula is C27H22ClFN8O4. The van der Waals surface area contributed by atoms with Gasteiger partial charge >= 0.3 is 5.97 Å². The number of hydrogen-bond acceptors (Lipinski definition) is 9. The maximum Gasteiger partial charge on any atom is 0.320 e. The van der Waals surface area contributed by atoms with E-state index in [9.17, 15) is 14.0 Å². The van der Waals surface area contributed by atoms with Crippen molar-refractivity contribution >= 4 is 46.0 Å². The van der Waals surface area contributed by atoms with E-state index in [0.29, 0.717) is 27.2 Å². The van der Waals surface area contributed by atoms with Crippen molar-refractivity contribution in [2.24, 2.45) is 5.73 Å². The van der Waals surface area contributed by atoms with Crippen LogP contribution in [0.4, 0.5) is 16.0 Å². The molecule has 3 aromatic heterocycles. The van der Waals surface area contributed by atoms with Crippen molar-refractivity contribution < 1.29 is 23.5 Å². The van der Waals surface area contributed by atoms with Crippen LogP contribution in [0.15, 0.2) is 53.1 Å². The molecule has 0 saturated carbocycles. The van der Waals surface area contributed by atoms with Crippen molar-refractivity contribution in [1.82, 2.24) is 24.7 Å². The van der Waals surface area contributed by atoms with Crippen molar-refractivity contribution in [3.05, 3.63) is 82.3 Å². The lowest BCUT2D eigenvalue weighted by molar-refractivity contribution is -0.138. The van der Waals surface area contributed by atoms with E-state index in [0.717, 1.165) is 0 Å². The lowest BCUT2D eigenvalue weighted by Gasteiger charge is -2.18.